The van der Waals surface area contributed by atoms with Crippen LogP contribution in [0.15, 0.2) is 24.3 Å². The minimum Gasteiger partial charge on any atom is -0.481 e. The lowest BCUT2D eigenvalue weighted by atomic mass is 10.2. The van der Waals surface area contributed by atoms with E-state index in [1.165, 1.54) is 12.1 Å². The summed E-state index contributed by atoms with van der Waals surface area (Å²) in [6.07, 6.45) is 0.0482. The van der Waals surface area contributed by atoms with Crippen molar-refractivity contribution >= 4 is 5.97 Å². The average molecular weight is 245 g/mol. The van der Waals surface area contributed by atoms with Crippen LogP contribution in [0.3, 0.4) is 0 Å². The Hall–Kier alpha value is -1.69. The van der Waals surface area contributed by atoms with E-state index in [4.69, 9.17) is 5.11 Å². The van der Waals surface area contributed by atoms with E-state index in [1.54, 1.807) is 12.1 Å². The molecule has 1 aromatic carbocycles. The minimum absolute atomic E-state index is 0.0482. The smallest absolute Gasteiger partial charge is 0.387 e. The lowest BCUT2D eigenvalue weighted by Gasteiger charge is -2.06. The first-order chi connectivity index (χ1) is 8.08. The lowest BCUT2D eigenvalue weighted by molar-refractivity contribution is -0.136. The van der Waals surface area contributed by atoms with Crippen molar-refractivity contribution in [2.45, 2.75) is 19.6 Å². The maximum atomic E-state index is 11.9. The van der Waals surface area contributed by atoms with Gasteiger partial charge in [-0.25, -0.2) is 0 Å². The Labute approximate surface area is 97.2 Å². The van der Waals surface area contributed by atoms with Crippen molar-refractivity contribution in [3.05, 3.63) is 29.8 Å². The van der Waals surface area contributed by atoms with Crippen molar-refractivity contribution in [1.29, 1.82) is 0 Å². The van der Waals surface area contributed by atoms with Crippen LogP contribution in [0.25, 0.3) is 0 Å². The summed E-state index contributed by atoms with van der Waals surface area (Å²) in [4.78, 5) is 10.2. The highest BCUT2D eigenvalue weighted by atomic mass is 19.3. The molecule has 1 rings (SSSR count). The van der Waals surface area contributed by atoms with Crippen molar-refractivity contribution in [1.82, 2.24) is 5.32 Å². The van der Waals surface area contributed by atoms with Gasteiger partial charge in [-0.3, -0.25) is 4.79 Å². The summed E-state index contributed by atoms with van der Waals surface area (Å²) < 4.78 is 27.9. The highest BCUT2D eigenvalue weighted by Crippen LogP contribution is 2.14. The van der Waals surface area contributed by atoms with Gasteiger partial charge in [0.25, 0.3) is 0 Å². The molecule has 94 valence electrons. The largest absolute Gasteiger partial charge is 0.481 e. The van der Waals surface area contributed by atoms with E-state index in [0.717, 1.165) is 5.56 Å². The number of alkyl halides is 2. The number of hydrogen-bond acceptors (Lipinski definition) is 3. The number of carboxylic acid groups (broad SMARTS) is 1. The van der Waals surface area contributed by atoms with Gasteiger partial charge in [0, 0.05) is 13.1 Å². The molecule has 0 aliphatic carbocycles. The Balaban J connectivity index is 2.32. The Morgan fingerprint density at radius 3 is 2.53 bits per heavy atom. The van der Waals surface area contributed by atoms with Gasteiger partial charge < -0.3 is 15.2 Å². The van der Waals surface area contributed by atoms with Crippen LogP contribution in [0.5, 0.6) is 5.75 Å². The van der Waals surface area contributed by atoms with Gasteiger partial charge in [-0.1, -0.05) is 12.1 Å². The second kappa shape index (κ2) is 6.80. The number of nitrogens with one attached hydrogen (secondary N) is 1. The Kier molecular flexibility index (Phi) is 5.35. The van der Waals surface area contributed by atoms with Crippen molar-refractivity contribution in [3.8, 4) is 5.75 Å². The number of carboxylic acids is 1. The number of rotatable bonds is 7. The second-order valence-electron chi connectivity index (χ2n) is 3.34. The molecule has 0 aliphatic rings. The average Bonchev–Trinajstić information content (AvgIpc) is 2.25. The zero-order chi connectivity index (χ0) is 12.7. The third kappa shape index (κ3) is 5.82. The van der Waals surface area contributed by atoms with Gasteiger partial charge in [0.15, 0.2) is 0 Å². The topological polar surface area (TPSA) is 58.6 Å². The van der Waals surface area contributed by atoms with E-state index in [2.05, 4.69) is 10.1 Å². The van der Waals surface area contributed by atoms with Gasteiger partial charge in [0.05, 0.1) is 6.42 Å². The molecule has 4 nitrogen and oxygen atoms in total. The number of carbonyl (C=O) groups is 1. The van der Waals surface area contributed by atoms with Crippen LogP contribution in [-0.2, 0) is 11.3 Å². The van der Waals surface area contributed by atoms with Gasteiger partial charge >= 0.3 is 12.6 Å². The molecule has 0 spiro atoms. The van der Waals surface area contributed by atoms with Gasteiger partial charge in [-0.2, -0.15) is 8.78 Å². The summed E-state index contributed by atoms with van der Waals surface area (Å²) in [6, 6.07) is 6.18. The first-order valence-corrected chi connectivity index (χ1v) is 5.04. The Bertz CT molecular complexity index is 354. The normalized spacial score (nSPS) is 10.5. The zero-order valence-electron chi connectivity index (χ0n) is 9.03. The highest BCUT2D eigenvalue weighted by Gasteiger charge is 2.03. The van der Waals surface area contributed by atoms with E-state index in [-0.39, 0.29) is 12.2 Å². The molecular weight excluding hydrogens is 232 g/mol. The first kappa shape index (κ1) is 13.4. The molecule has 2 N–H and O–H groups in total. The number of aliphatic carboxylic acids is 1. The number of hydrogen-bond donors (Lipinski definition) is 2. The molecule has 6 heteroatoms. The van der Waals surface area contributed by atoms with Crippen LogP contribution >= 0.6 is 0 Å². The summed E-state index contributed by atoms with van der Waals surface area (Å²) in [5.74, 6) is -0.757. The SMILES string of the molecule is O=C(O)CCNCc1ccc(OC(F)F)cc1. The van der Waals surface area contributed by atoms with E-state index >= 15 is 0 Å². The molecule has 0 amide bonds. The number of benzene rings is 1. The van der Waals surface area contributed by atoms with E-state index in [9.17, 15) is 13.6 Å². The van der Waals surface area contributed by atoms with Crippen molar-refractivity contribution in [2.24, 2.45) is 0 Å². The summed E-state index contributed by atoms with van der Waals surface area (Å²) in [6.45, 7) is -1.97. The van der Waals surface area contributed by atoms with Crippen LogP contribution in [0, 0.1) is 0 Å². The molecule has 0 heterocycles. The standard InChI is InChI=1S/C11H13F2NO3/c12-11(13)17-9-3-1-8(2-4-9)7-14-6-5-10(15)16/h1-4,11,14H,5-7H2,(H,15,16). The third-order valence-corrected chi connectivity index (χ3v) is 1.99. The summed E-state index contributed by atoms with van der Waals surface area (Å²) in [7, 11) is 0. The minimum atomic E-state index is -2.82. The van der Waals surface area contributed by atoms with Crippen molar-refractivity contribution < 1.29 is 23.4 Å². The van der Waals surface area contributed by atoms with Crippen LogP contribution in [0.1, 0.15) is 12.0 Å². The van der Waals surface area contributed by atoms with E-state index in [0.29, 0.717) is 13.1 Å². The van der Waals surface area contributed by atoms with Gasteiger partial charge in [0.2, 0.25) is 0 Å². The summed E-state index contributed by atoms with van der Waals surface area (Å²) >= 11 is 0. The molecule has 0 bridgehead atoms. The Morgan fingerprint density at radius 2 is 2.00 bits per heavy atom. The predicted octanol–water partition coefficient (Wildman–Crippen LogP) is 1.85. The molecular formula is C11H13F2NO3. The molecule has 0 aromatic heterocycles. The summed E-state index contributed by atoms with van der Waals surface area (Å²) in [5, 5.41) is 11.3. The van der Waals surface area contributed by atoms with Crippen LogP contribution < -0.4 is 10.1 Å². The first-order valence-electron chi connectivity index (χ1n) is 5.04. The van der Waals surface area contributed by atoms with Crippen molar-refractivity contribution in [2.75, 3.05) is 6.54 Å². The van der Waals surface area contributed by atoms with Crippen LogP contribution in [-0.4, -0.2) is 24.2 Å². The monoisotopic (exact) mass is 245 g/mol. The molecule has 0 aliphatic heterocycles. The molecule has 1 aromatic rings. The van der Waals surface area contributed by atoms with Crippen molar-refractivity contribution in [3.63, 3.8) is 0 Å². The van der Waals surface area contributed by atoms with Gasteiger partial charge in [-0.15, -0.1) is 0 Å². The molecule has 0 fully saturated rings. The Morgan fingerprint density at radius 1 is 1.35 bits per heavy atom. The summed E-state index contributed by atoms with van der Waals surface area (Å²) in [5.41, 5.74) is 0.872. The maximum absolute atomic E-state index is 11.9. The zero-order valence-corrected chi connectivity index (χ0v) is 9.03. The molecule has 0 atom stereocenters. The molecule has 0 saturated heterocycles. The molecule has 0 unspecified atom stereocenters. The fraction of sp³-hybridized carbons (Fsp3) is 0.364. The predicted molar refractivity (Wildman–Crippen MR) is 57.0 cm³/mol. The second-order valence-corrected chi connectivity index (χ2v) is 3.34. The van der Waals surface area contributed by atoms with Gasteiger partial charge in [-0.05, 0) is 17.7 Å². The van der Waals surface area contributed by atoms with E-state index in [1.807, 2.05) is 0 Å². The van der Waals surface area contributed by atoms with E-state index < -0.39 is 12.6 Å². The number of ether oxygens (including phenoxy) is 1. The van der Waals surface area contributed by atoms with Crippen LogP contribution in [0.4, 0.5) is 8.78 Å². The van der Waals surface area contributed by atoms with Crippen LogP contribution in [0.2, 0.25) is 0 Å². The highest BCUT2D eigenvalue weighted by molar-refractivity contribution is 5.66. The molecule has 17 heavy (non-hydrogen) atoms. The fourth-order valence-corrected chi connectivity index (χ4v) is 1.22. The molecule has 0 radical (unpaired) electrons. The lowest BCUT2D eigenvalue weighted by Crippen LogP contribution is -2.17. The number of halogens is 2. The third-order valence-electron chi connectivity index (χ3n) is 1.99. The quantitative estimate of drug-likeness (QED) is 0.720. The fourth-order valence-electron chi connectivity index (χ4n) is 1.22. The van der Waals surface area contributed by atoms with Gasteiger partial charge in [0.1, 0.15) is 5.75 Å². The maximum Gasteiger partial charge on any atom is 0.387 e. The molecule has 0 saturated carbocycles.